The average Bonchev–Trinajstić information content (AvgIpc) is 3.47. The van der Waals surface area contributed by atoms with Gasteiger partial charge in [0.25, 0.3) is 5.91 Å². The van der Waals surface area contributed by atoms with E-state index in [0.29, 0.717) is 33.1 Å². The Bertz CT molecular complexity index is 1340. The predicted octanol–water partition coefficient (Wildman–Crippen LogP) is 3.24. The molecular formula is C22H20FN7O3S2. The van der Waals surface area contributed by atoms with Crippen LogP contribution in [0.1, 0.15) is 21.2 Å². The van der Waals surface area contributed by atoms with Crippen molar-refractivity contribution in [2.45, 2.75) is 18.6 Å². The maximum absolute atomic E-state index is 13.5. The van der Waals surface area contributed by atoms with Crippen molar-refractivity contribution < 1.29 is 18.7 Å². The molecule has 0 spiro atoms. The Morgan fingerprint density at radius 2 is 1.91 bits per heavy atom. The number of hydrogen-bond donors (Lipinski definition) is 2. The van der Waals surface area contributed by atoms with Gasteiger partial charge in [-0.05, 0) is 49.4 Å². The number of nitrogens with one attached hydrogen (secondary N) is 2. The quantitative estimate of drug-likeness (QED) is 0.327. The van der Waals surface area contributed by atoms with Crippen molar-refractivity contribution in [3.63, 3.8) is 0 Å². The van der Waals surface area contributed by atoms with Crippen LogP contribution in [0.15, 0.2) is 53.7 Å². The minimum atomic E-state index is -0.393. The Morgan fingerprint density at radius 1 is 1.11 bits per heavy atom. The third kappa shape index (κ3) is 6.19. The number of ether oxygens (including phenoxy) is 1. The second kappa shape index (κ2) is 11.1. The number of anilines is 1. The highest BCUT2D eigenvalue weighted by atomic mass is 32.2. The summed E-state index contributed by atoms with van der Waals surface area (Å²) in [5.41, 5.74) is 1.01. The lowest BCUT2D eigenvalue weighted by Gasteiger charge is -2.11. The Balaban J connectivity index is 1.50. The summed E-state index contributed by atoms with van der Waals surface area (Å²) in [6, 6.07) is 12.5. The summed E-state index contributed by atoms with van der Waals surface area (Å²) in [6.07, 6.45) is 0. The molecule has 0 bridgehead atoms. The van der Waals surface area contributed by atoms with Crippen molar-refractivity contribution in [2.75, 3.05) is 18.2 Å². The lowest BCUT2D eigenvalue weighted by Crippen LogP contribution is -2.24. The van der Waals surface area contributed by atoms with Crippen molar-refractivity contribution in [3.8, 4) is 11.4 Å². The molecule has 0 atom stereocenters. The zero-order valence-electron chi connectivity index (χ0n) is 18.7. The second-order valence-electron chi connectivity index (χ2n) is 7.09. The summed E-state index contributed by atoms with van der Waals surface area (Å²) < 4.78 is 20.3. The molecule has 0 saturated carbocycles. The summed E-state index contributed by atoms with van der Waals surface area (Å²) in [5, 5.41) is 23.2. The minimum absolute atomic E-state index is 0.0358. The summed E-state index contributed by atoms with van der Waals surface area (Å²) >= 11 is 2.42. The van der Waals surface area contributed by atoms with Crippen molar-refractivity contribution in [2.24, 2.45) is 0 Å². The maximum atomic E-state index is 13.5. The maximum Gasteiger partial charge on any atom is 0.251 e. The predicted molar refractivity (Wildman–Crippen MR) is 129 cm³/mol. The highest BCUT2D eigenvalue weighted by Crippen LogP contribution is 2.23. The van der Waals surface area contributed by atoms with Crippen LogP contribution >= 0.6 is 23.1 Å². The molecule has 2 aromatic heterocycles. The molecule has 2 N–H and O–H groups in total. The lowest BCUT2D eigenvalue weighted by molar-refractivity contribution is -0.113. The smallest absolute Gasteiger partial charge is 0.251 e. The first kappa shape index (κ1) is 24.3. The van der Waals surface area contributed by atoms with Crippen LogP contribution in [0.4, 0.5) is 9.52 Å². The number of carbonyl (C=O) groups excluding carboxylic acids is 2. The van der Waals surface area contributed by atoms with Crippen LogP contribution < -0.4 is 15.4 Å². The molecule has 4 aromatic rings. The molecule has 35 heavy (non-hydrogen) atoms. The van der Waals surface area contributed by atoms with E-state index in [1.165, 1.54) is 30.6 Å². The second-order valence-corrected chi connectivity index (χ2v) is 9.21. The van der Waals surface area contributed by atoms with Crippen molar-refractivity contribution in [1.82, 2.24) is 30.3 Å². The van der Waals surface area contributed by atoms with E-state index < -0.39 is 5.82 Å². The van der Waals surface area contributed by atoms with Crippen LogP contribution in [-0.4, -0.2) is 49.6 Å². The number of amides is 2. The molecule has 10 nitrogen and oxygen atoms in total. The van der Waals surface area contributed by atoms with E-state index in [-0.39, 0.29) is 24.1 Å². The molecule has 0 unspecified atom stereocenters. The highest BCUT2D eigenvalue weighted by molar-refractivity contribution is 7.99. The van der Waals surface area contributed by atoms with Gasteiger partial charge in [-0.25, -0.2) is 4.39 Å². The fourth-order valence-corrected chi connectivity index (χ4v) is 4.39. The molecule has 2 amide bonds. The summed E-state index contributed by atoms with van der Waals surface area (Å²) in [7, 11) is 1.52. The third-order valence-corrected chi connectivity index (χ3v) is 6.31. The van der Waals surface area contributed by atoms with Gasteiger partial charge in [-0.15, -0.1) is 20.4 Å². The van der Waals surface area contributed by atoms with Crippen LogP contribution in [0.5, 0.6) is 5.75 Å². The fraction of sp³-hybridized carbons (Fsp3) is 0.182. The molecule has 13 heteroatoms. The van der Waals surface area contributed by atoms with Gasteiger partial charge in [0.2, 0.25) is 11.0 Å². The zero-order valence-corrected chi connectivity index (χ0v) is 20.3. The highest BCUT2D eigenvalue weighted by Gasteiger charge is 2.18. The monoisotopic (exact) mass is 513 g/mol. The van der Waals surface area contributed by atoms with E-state index in [1.54, 1.807) is 47.9 Å². The minimum Gasteiger partial charge on any atom is -0.497 e. The van der Waals surface area contributed by atoms with Gasteiger partial charge in [0.15, 0.2) is 11.0 Å². The van der Waals surface area contributed by atoms with E-state index >= 15 is 0 Å². The number of rotatable bonds is 9. The SMILES string of the molecule is COc1cccc(C(=O)NCc2nnc(SCC(=O)Nc3nnc(C)s3)n2-c2ccc(F)cc2)c1. The Hall–Kier alpha value is -3.84. The first-order chi connectivity index (χ1) is 16.9. The molecule has 0 fully saturated rings. The van der Waals surface area contributed by atoms with E-state index in [1.807, 2.05) is 0 Å². The molecule has 180 valence electrons. The van der Waals surface area contributed by atoms with Gasteiger partial charge in [0.1, 0.15) is 16.6 Å². The molecule has 0 radical (unpaired) electrons. The van der Waals surface area contributed by atoms with Crippen LogP contribution in [0.3, 0.4) is 0 Å². The van der Waals surface area contributed by atoms with Crippen molar-refractivity contribution >= 4 is 40.0 Å². The number of aryl methyl sites for hydroxylation is 1. The number of methoxy groups -OCH3 is 1. The molecule has 0 aliphatic carbocycles. The number of halogens is 1. The number of nitrogens with zero attached hydrogens (tertiary/aromatic N) is 5. The molecule has 4 rings (SSSR count). The van der Waals surface area contributed by atoms with E-state index in [0.717, 1.165) is 16.8 Å². The van der Waals surface area contributed by atoms with Crippen molar-refractivity contribution in [1.29, 1.82) is 0 Å². The van der Waals surface area contributed by atoms with E-state index in [9.17, 15) is 14.0 Å². The van der Waals surface area contributed by atoms with Gasteiger partial charge in [0, 0.05) is 11.3 Å². The Morgan fingerprint density at radius 3 is 2.63 bits per heavy atom. The molecule has 0 saturated heterocycles. The first-order valence-corrected chi connectivity index (χ1v) is 12.1. The Labute approximate surface area is 207 Å². The fourth-order valence-electron chi connectivity index (χ4n) is 3.02. The van der Waals surface area contributed by atoms with Gasteiger partial charge in [0.05, 0.1) is 19.4 Å². The van der Waals surface area contributed by atoms with Crippen LogP contribution in [0, 0.1) is 12.7 Å². The third-order valence-electron chi connectivity index (χ3n) is 4.63. The van der Waals surface area contributed by atoms with Crippen LogP contribution in [-0.2, 0) is 11.3 Å². The van der Waals surface area contributed by atoms with Crippen LogP contribution in [0.25, 0.3) is 5.69 Å². The topological polar surface area (TPSA) is 124 Å². The summed E-state index contributed by atoms with van der Waals surface area (Å²) in [6.45, 7) is 1.85. The first-order valence-electron chi connectivity index (χ1n) is 10.3. The van der Waals surface area contributed by atoms with E-state index in [2.05, 4.69) is 31.0 Å². The zero-order chi connectivity index (χ0) is 24.8. The molecule has 2 aromatic carbocycles. The number of aromatic nitrogens is 5. The number of thioether (sulfide) groups is 1. The van der Waals surface area contributed by atoms with Crippen LogP contribution in [0.2, 0.25) is 0 Å². The summed E-state index contributed by atoms with van der Waals surface area (Å²) in [5.74, 6) is 0.0128. The standard InChI is InChI=1S/C22H20FN7O3S2/c1-13-26-28-21(35-13)25-19(31)12-34-22-29-27-18(30(22)16-8-6-15(23)7-9-16)11-24-20(32)14-4-3-5-17(10-14)33-2/h3-10H,11-12H2,1-2H3,(H,24,32)(H,25,28,31). The van der Waals surface area contributed by atoms with Gasteiger partial charge in [-0.2, -0.15) is 0 Å². The van der Waals surface area contributed by atoms with Gasteiger partial charge in [-0.1, -0.05) is 29.2 Å². The molecular weight excluding hydrogens is 493 g/mol. The normalized spacial score (nSPS) is 10.7. The summed E-state index contributed by atoms with van der Waals surface area (Å²) in [4.78, 5) is 25.0. The van der Waals surface area contributed by atoms with Gasteiger partial charge >= 0.3 is 0 Å². The van der Waals surface area contributed by atoms with Gasteiger partial charge < -0.3 is 10.1 Å². The van der Waals surface area contributed by atoms with E-state index in [4.69, 9.17) is 4.74 Å². The lowest BCUT2D eigenvalue weighted by atomic mass is 10.2. The average molecular weight is 514 g/mol. The number of benzene rings is 2. The largest absolute Gasteiger partial charge is 0.497 e. The Kier molecular flexibility index (Phi) is 7.67. The number of hydrogen-bond acceptors (Lipinski definition) is 9. The molecule has 0 aliphatic heterocycles. The number of carbonyl (C=O) groups is 2. The molecule has 2 heterocycles. The van der Waals surface area contributed by atoms with Crippen molar-refractivity contribution in [3.05, 3.63) is 70.7 Å². The van der Waals surface area contributed by atoms with Gasteiger partial charge in [-0.3, -0.25) is 19.5 Å². The molecule has 0 aliphatic rings.